The topological polar surface area (TPSA) is 35.5 Å². The SMILES string of the molecule is COc1ccc(CC2CC3C=CC2C3)cc1OC(C)=O. The standard InChI is InChI=1S/C17H20O3/c1-11(18)20-17-10-13(4-6-16(17)19-2)9-15-8-12-3-5-14(15)7-12/h3-6,10,12,14-15H,7-9H2,1-2H3. The summed E-state index contributed by atoms with van der Waals surface area (Å²) in [5.41, 5.74) is 1.22. The lowest BCUT2D eigenvalue weighted by molar-refractivity contribution is -0.132. The van der Waals surface area contributed by atoms with Gasteiger partial charge >= 0.3 is 5.97 Å². The van der Waals surface area contributed by atoms with E-state index in [1.165, 1.54) is 25.3 Å². The molecule has 0 aromatic heterocycles. The van der Waals surface area contributed by atoms with Gasteiger partial charge in [-0.15, -0.1) is 0 Å². The van der Waals surface area contributed by atoms with Crippen LogP contribution in [0.5, 0.6) is 11.5 Å². The van der Waals surface area contributed by atoms with Gasteiger partial charge in [0.2, 0.25) is 0 Å². The number of carbonyl (C=O) groups is 1. The van der Waals surface area contributed by atoms with Gasteiger partial charge in [0, 0.05) is 6.92 Å². The van der Waals surface area contributed by atoms with Gasteiger partial charge in [-0.1, -0.05) is 18.2 Å². The first-order chi connectivity index (χ1) is 9.65. The van der Waals surface area contributed by atoms with Crippen LogP contribution in [0, 0.1) is 17.8 Å². The van der Waals surface area contributed by atoms with E-state index in [-0.39, 0.29) is 5.97 Å². The largest absolute Gasteiger partial charge is 0.493 e. The summed E-state index contributed by atoms with van der Waals surface area (Å²) in [5.74, 6) is 3.07. The van der Waals surface area contributed by atoms with Crippen molar-refractivity contribution in [3.05, 3.63) is 35.9 Å². The zero-order chi connectivity index (χ0) is 14.1. The van der Waals surface area contributed by atoms with E-state index in [0.29, 0.717) is 11.5 Å². The van der Waals surface area contributed by atoms with Crippen molar-refractivity contribution in [1.82, 2.24) is 0 Å². The summed E-state index contributed by atoms with van der Waals surface area (Å²) in [5, 5.41) is 0. The molecule has 2 bridgehead atoms. The summed E-state index contributed by atoms with van der Waals surface area (Å²) in [6.07, 6.45) is 8.38. The van der Waals surface area contributed by atoms with Gasteiger partial charge in [-0.05, 0) is 54.7 Å². The third kappa shape index (κ3) is 2.58. The Kier molecular flexibility index (Phi) is 3.51. The maximum atomic E-state index is 11.2. The van der Waals surface area contributed by atoms with Crippen LogP contribution in [0.2, 0.25) is 0 Å². The van der Waals surface area contributed by atoms with E-state index in [2.05, 4.69) is 18.2 Å². The van der Waals surface area contributed by atoms with Crippen molar-refractivity contribution >= 4 is 5.97 Å². The lowest BCUT2D eigenvalue weighted by atomic mass is 9.87. The van der Waals surface area contributed by atoms with E-state index >= 15 is 0 Å². The van der Waals surface area contributed by atoms with Crippen LogP contribution in [-0.2, 0) is 11.2 Å². The number of rotatable bonds is 4. The summed E-state index contributed by atoms with van der Waals surface area (Å²) >= 11 is 0. The number of carbonyl (C=O) groups excluding carboxylic acids is 1. The fourth-order valence-electron chi connectivity index (χ4n) is 3.51. The average molecular weight is 272 g/mol. The molecule has 0 spiro atoms. The maximum Gasteiger partial charge on any atom is 0.308 e. The number of benzene rings is 1. The van der Waals surface area contributed by atoms with Crippen molar-refractivity contribution in [2.45, 2.75) is 26.2 Å². The van der Waals surface area contributed by atoms with Gasteiger partial charge < -0.3 is 9.47 Å². The molecule has 106 valence electrons. The summed E-state index contributed by atoms with van der Waals surface area (Å²) in [7, 11) is 1.59. The quantitative estimate of drug-likeness (QED) is 0.479. The van der Waals surface area contributed by atoms with Gasteiger partial charge in [0.25, 0.3) is 0 Å². The van der Waals surface area contributed by atoms with Crippen molar-refractivity contribution < 1.29 is 14.3 Å². The second-order valence-electron chi connectivity index (χ2n) is 5.82. The van der Waals surface area contributed by atoms with Gasteiger partial charge in [-0.2, -0.15) is 0 Å². The lowest BCUT2D eigenvalue weighted by Crippen LogP contribution is -2.10. The number of esters is 1. The minimum Gasteiger partial charge on any atom is -0.493 e. The predicted molar refractivity (Wildman–Crippen MR) is 76.9 cm³/mol. The van der Waals surface area contributed by atoms with Crippen molar-refractivity contribution in [2.75, 3.05) is 7.11 Å². The molecule has 3 heteroatoms. The first-order valence-corrected chi connectivity index (χ1v) is 7.19. The molecule has 0 saturated heterocycles. The Hall–Kier alpha value is -1.77. The molecule has 0 aliphatic heterocycles. The second kappa shape index (κ2) is 5.31. The number of ether oxygens (including phenoxy) is 2. The zero-order valence-corrected chi connectivity index (χ0v) is 12.0. The first kappa shape index (κ1) is 13.2. The molecule has 1 saturated carbocycles. The highest BCUT2D eigenvalue weighted by Gasteiger charge is 2.35. The van der Waals surface area contributed by atoms with Crippen LogP contribution in [-0.4, -0.2) is 13.1 Å². The van der Waals surface area contributed by atoms with Gasteiger partial charge in [0.1, 0.15) is 0 Å². The van der Waals surface area contributed by atoms with Crippen LogP contribution in [0.3, 0.4) is 0 Å². The molecular weight excluding hydrogens is 252 g/mol. The maximum absolute atomic E-state index is 11.2. The number of hydrogen-bond acceptors (Lipinski definition) is 3. The molecule has 1 aromatic carbocycles. The molecule has 20 heavy (non-hydrogen) atoms. The van der Waals surface area contributed by atoms with E-state index in [1.807, 2.05) is 12.1 Å². The molecule has 2 aliphatic carbocycles. The molecule has 3 atom stereocenters. The fourth-order valence-corrected chi connectivity index (χ4v) is 3.51. The Balaban J connectivity index is 1.76. The van der Waals surface area contributed by atoms with Gasteiger partial charge in [-0.3, -0.25) is 4.79 Å². The highest BCUT2D eigenvalue weighted by molar-refractivity contribution is 5.70. The van der Waals surface area contributed by atoms with Crippen molar-refractivity contribution in [1.29, 1.82) is 0 Å². The Morgan fingerprint density at radius 1 is 1.25 bits per heavy atom. The predicted octanol–water partition coefficient (Wildman–Crippen LogP) is 3.38. The molecule has 3 nitrogen and oxygen atoms in total. The van der Waals surface area contributed by atoms with Crippen LogP contribution in [0.4, 0.5) is 0 Å². The Bertz CT molecular complexity index is 547. The average Bonchev–Trinajstić information content (AvgIpc) is 3.00. The number of hydrogen-bond donors (Lipinski definition) is 0. The molecule has 3 rings (SSSR count). The minimum atomic E-state index is -0.316. The molecule has 0 N–H and O–H groups in total. The van der Waals surface area contributed by atoms with Crippen LogP contribution in [0.25, 0.3) is 0 Å². The van der Waals surface area contributed by atoms with Gasteiger partial charge in [0.05, 0.1) is 7.11 Å². The zero-order valence-electron chi connectivity index (χ0n) is 12.0. The molecular formula is C17H20O3. The summed E-state index contributed by atoms with van der Waals surface area (Å²) in [4.78, 5) is 11.2. The highest BCUT2D eigenvalue weighted by atomic mass is 16.6. The lowest BCUT2D eigenvalue weighted by Gasteiger charge is -2.18. The summed E-state index contributed by atoms with van der Waals surface area (Å²) in [6.45, 7) is 1.41. The fraction of sp³-hybridized carbons (Fsp3) is 0.471. The first-order valence-electron chi connectivity index (χ1n) is 7.19. The molecule has 3 unspecified atom stereocenters. The van der Waals surface area contributed by atoms with E-state index in [4.69, 9.17) is 9.47 Å². The van der Waals surface area contributed by atoms with Crippen molar-refractivity contribution in [3.8, 4) is 11.5 Å². The third-order valence-electron chi connectivity index (χ3n) is 4.40. The Morgan fingerprint density at radius 3 is 2.70 bits per heavy atom. The molecule has 1 fully saturated rings. The minimum absolute atomic E-state index is 0.316. The van der Waals surface area contributed by atoms with Crippen LogP contribution >= 0.6 is 0 Å². The van der Waals surface area contributed by atoms with Crippen LogP contribution in [0.15, 0.2) is 30.4 Å². The Labute approximate surface area is 119 Å². The monoisotopic (exact) mass is 272 g/mol. The molecule has 0 amide bonds. The smallest absolute Gasteiger partial charge is 0.308 e. The Morgan fingerprint density at radius 2 is 2.10 bits per heavy atom. The number of fused-ring (bicyclic) bond motifs is 2. The van der Waals surface area contributed by atoms with E-state index in [1.54, 1.807) is 7.11 Å². The number of allylic oxidation sites excluding steroid dienone is 2. The second-order valence-corrected chi connectivity index (χ2v) is 5.82. The van der Waals surface area contributed by atoms with Crippen molar-refractivity contribution in [3.63, 3.8) is 0 Å². The molecule has 0 radical (unpaired) electrons. The number of methoxy groups -OCH3 is 1. The normalized spacial score (nSPS) is 26.8. The summed E-state index contributed by atoms with van der Waals surface area (Å²) < 4.78 is 10.5. The van der Waals surface area contributed by atoms with Crippen LogP contribution in [0.1, 0.15) is 25.3 Å². The van der Waals surface area contributed by atoms with Crippen molar-refractivity contribution in [2.24, 2.45) is 17.8 Å². The summed E-state index contributed by atoms with van der Waals surface area (Å²) in [6, 6.07) is 5.90. The highest BCUT2D eigenvalue weighted by Crippen LogP contribution is 2.45. The molecule has 1 aromatic rings. The van der Waals surface area contributed by atoms with Gasteiger partial charge in [-0.25, -0.2) is 0 Å². The molecule has 2 aliphatic rings. The van der Waals surface area contributed by atoms with E-state index < -0.39 is 0 Å². The third-order valence-corrected chi connectivity index (χ3v) is 4.40. The van der Waals surface area contributed by atoms with E-state index in [0.717, 1.165) is 24.2 Å². The van der Waals surface area contributed by atoms with Gasteiger partial charge in [0.15, 0.2) is 11.5 Å². The van der Waals surface area contributed by atoms with Crippen LogP contribution < -0.4 is 9.47 Å². The molecule has 0 heterocycles. The van der Waals surface area contributed by atoms with E-state index in [9.17, 15) is 4.79 Å².